The molecular formula is C21H22BrN3O3. The zero-order chi connectivity index (χ0) is 19.5. The average molecular weight is 444 g/mol. The molecule has 0 spiro atoms. The van der Waals surface area contributed by atoms with Gasteiger partial charge in [0.05, 0.1) is 17.9 Å². The molecule has 0 atom stereocenters. The Morgan fingerprint density at radius 2 is 1.71 bits per heavy atom. The number of benzene rings is 2. The molecule has 6 nitrogen and oxygen atoms in total. The van der Waals surface area contributed by atoms with Crippen LogP contribution in [0.2, 0.25) is 0 Å². The number of carbonyl (C=O) groups is 2. The van der Waals surface area contributed by atoms with Crippen LogP contribution in [0.4, 0.5) is 16.2 Å². The van der Waals surface area contributed by atoms with Crippen LogP contribution in [0.25, 0.3) is 0 Å². The summed E-state index contributed by atoms with van der Waals surface area (Å²) in [5, 5.41) is 2.98. The number of ether oxygens (including phenoxy) is 1. The van der Waals surface area contributed by atoms with Crippen LogP contribution in [0.15, 0.2) is 53.0 Å². The minimum atomic E-state index is -0.0897. The van der Waals surface area contributed by atoms with Crippen LogP contribution >= 0.6 is 15.9 Å². The molecule has 2 aliphatic rings. The molecule has 146 valence electrons. The first-order valence-electron chi connectivity index (χ1n) is 9.47. The van der Waals surface area contributed by atoms with Crippen molar-refractivity contribution in [3.05, 3.63) is 53.0 Å². The van der Waals surface area contributed by atoms with Crippen molar-refractivity contribution in [1.82, 2.24) is 4.90 Å². The first kappa shape index (κ1) is 18.8. The molecular weight excluding hydrogens is 422 g/mol. The third-order valence-electron chi connectivity index (χ3n) is 5.23. The van der Waals surface area contributed by atoms with Crippen molar-refractivity contribution in [3.63, 3.8) is 0 Å². The highest BCUT2D eigenvalue weighted by atomic mass is 79.9. The number of carbonyl (C=O) groups excluding carboxylic acids is 2. The summed E-state index contributed by atoms with van der Waals surface area (Å²) in [6.45, 7) is 2.19. The topological polar surface area (TPSA) is 61.9 Å². The number of fused-ring (bicyclic) bond motifs is 1. The maximum atomic E-state index is 13.0. The van der Waals surface area contributed by atoms with E-state index in [2.05, 4.69) is 21.2 Å². The SMILES string of the molecule is O=C(Nc1ccccc1Br)C1CCN(C(=O)N2CCOc3ccccc32)CC1. The summed E-state index contributed by atoms with van der Waals surface area (Å²) in [5.41, 5.74) is 1.59. The summed E-state index contributed by atoms with van der Waals surface area (Å²) in [5.74, 6) is 0.661. The van der Waals surface area contributed by atoms with Crippen LogP contribution in [0.3, 0.4) is 0 Å². The van der Waals surface area contributed by atoms with E-state index in [1.807, 2.05) is 53.4 Å². The third-order valence-corrected chi connectivity index (χ3v) is 5.92. The lowest BCUT2D eigenvalue weighted by Crippen LogP contribution is -2.50. The molecule has 1 fully saturated rings. The van der Waals surface area contributed by atoms with Gasteiger partial charge >= 0.3 is 6.03 Å². The molecule has 2 aliphatic heterocycles. The highest BCUT2D eigenvalue weighted by Crippen LogP contribution is 2.32. The minimum absolute atomic E-state index is 0.00992. The van der Waals surface area contributed by atoms with Crippen molar-refractivity contribution >= 4 is 39.2 Å². The number of nitrogens with zero attached hydrogens (tertiary/aromatic N) is 2. The molecule has 4 rings (SSSR count). The van der Waals surface area contributed by atoms with Gasteiger partial charge in [0.1, 0.15) is 12.4 Å². The van der Waals surface area contributed by atoms with E-state index >= 15 is 0 Å². The van der Waals surface area contributed by atoms with Crippen LogP contribution < -0.4 is 15.0 Å². The zero-order valence-electron chi connectivity index (χ0n) is 15.4. The fraction of sp³-hybridized carbons (Fsp3) is 0.333. The second-order valence-electron chi connectivity index (χ2n) is 6.98. The molecule has 2 heterocycles. The largest absolute Gasteiger partial charge is 0.490 e. The fourth-order valence-electron chi connectivity index (χ4n) is 3.67. The van der Waals surface area contributed by atoms with Gasteiger partial charge in [0.2, 0.25) is 5.91 Å². The molecule has 3 amide bonds. The molecule has 2 aromatic carbocycles. The first-order valence-corrected chi connectivity index (χ1v) is 10.3. The van der Waals surface area contributed by atoms with Gasteiger partial charge in [0.25, 0.3) is 0 Å². The van der Waals surface area contributed by atoms with E-state index in [-0.39, 0.29) is 17.9 Å². The van der Waals surface area contributed by atoms with E-state index < -0.39 is 0 Å². The summed E-state index contributed by atoms with van der Waals surface area (Å²) >= 11 is 3.45. The van der Waals surface area contributed by atoms with Crippen molar-refractivity contribution in [2.45, 2.75) is 12.8 Å². The number of anilines is 2. The Labute approximate surface area is 172 Å². The Morgan fingerprint density at radius 1 is 1.00 bits per heavy atom. The van der Waals surface area contributed by atoms with E-state index in [9.17, 15) is 9.59 Å². The molecule has 0 bridgehead atoms. The summed E-state index contributed by atoms with van der Waals surface area (Å²) in [6, 6.07) is 15.2. The summed E-state index contributed by atoms with van der Waals surface area (Å²) < 4.78 is 6.50. The monoisotopic (exact) mass is 443 g/mol. The zero-order valence-corrected chi connectivity index (χ0v) is 17.0. The Kier molecular flexibility index (Phi) is 5.52. The fourth-order valence-corrected chi connectivity index (χ4v) is 4.05. The predicted molar refractivity (Wildman–Crippen MR) is 112 cm³/mol. The average Bonchev–Trinajstić information content (AvgIpc) is 2.74. The van der Waals surface area contributed by atoms with Gasteiger partial charge in [-0.05, 0) is 53.0 Å². The molecule has 0 radical (unpaired) electrons. The number of para-hydroxylation sites is 3. The number of rotatable bonds is 2. The number of likely N-dealkylation sites (tertiary alicyclic amines) is 1. The van der Waals surface area contributed by atoms with E-state index in [0.717, 1.165) is 21.6 Å². The second-order valence-corrected chi connectivity index (χ2v) is 7.84. The molecule has 0 aromatic heterocycles. The molecule has 1 N–H and O–H groups in total. The molecule has 0 saturated carbocycles. The van der Waals surface area contributed by atoms with Crippen LogP contribution in [0, 0.1) is 5.92 Å². The quantitative estimate of drug-likeness (QED) is 0.758. The van der Waals surface area contributed by atoms with Gasteiger partial charge in [0, 0.05) is 23.5 Å². The number of nitrogens with one attached hydrogen (secondary N) is 1. The highest BCUT2D eigenvalue weighted by molar-refractivity contribution is 9.10. The number of hydrogen-bond donors (Lipinski definition) is 1. The van der Waals surface area contributed by atoms with Crippen molar-refractivity contribution in [2.75, 3.05) is 36.5 Å². The Balaban J connectivity index is 1.36. The van der Waals surface area contributed by atoms with Crippen molar-refractivity contribution in [2.24, 2.45) is 5.92 Å². The minimum Gasteiger partial charge on any atom is -0.490 e. The number of urea groups is 1. The van der Waals surface area contributed by atoms with Gasteiger partial charge in [-0.25, -0.2) is 4.79 Å². The first-order chi connectivity index (χ1) is 13.6. The lowest BCUT2D eigenvalue weighted by molar-refractivity contribution is -0.121. The van der Waals surface area contributed by atoms with Gasteiger partial charge in [-0.15, -0.1) is 0 Å². The van der Waals surface area contributed by atoms with Crippen molar-refractivity contribution in [1.29, 1.82) is 0 Å². The number of piperidine rings is 1. The molecule has 1 saturated heterocycles. The van der Waals surface area contributed by atoms with Crippen LogP contribution in [0.1, 0.15) is 12.8 Å². The lowest BCUT2D eigenvalue weighted by Gasteiger charge is -2.37. The standard InChI is InChI=1S/C21H22BrN3O3/c22-16-5-1-2-6-17(16)23-20(26)15-9-11-24(12-10-15)21(27)25-13-14-28-19-8-4-3-7-18(19)25/h1-8,15H,9-14H2,(H,23,26). The van der Waals surface area contributed by atoms with Crippen molar-refractivity contribution in [3.8, 4) is 5.75 Å². The Morgan fingerprint density at radius 3 is 2.50 bits per heavy atom. The Bertz CT molecular complexity index is 881. The molecule has 2 aromatic rings. The summed E-state index contributed by atoms with van der Waals surface area (Å²) in [6.07, 6.45) is 1.32. The van der Waals surface area contributed by atoms with E-state index in [1.54, 1.807) is 4.90 Å². The summed E-state index contributed by atoms with van der Waals surface area (Å²) in [4.78, 5) is 29.2. The Hall–Kier alpha value is -2.54. The van der Waals surface area contributed by atoms with E-state index in [0.29, 0.717) is 39.1 Å². The molecule has 7 heteroatoms. The lowest BCUT2D eigenvalue weighted by atomic mass is 9.96. The van der Waals surface area contributed by atoms with Gasteiger partial charge in [-0.2, -0.15) is 0 Å². The van der Waals surface area contributed by atoms with Gasteiger partial charge in [-0.1, -0.05) is 24.3 Å². The predicted octanol–water partition coefficient (Wildman–Crippen LogP) is 4.12. The van der Waals surface area contributed by atoms with E-state index in [1.165, 1.54) is 0 Å². The smallest absolute Gasteiger partial charge is 0.324 e. The van der Waals surface area contributed by atoms with Crippen LogP contribution in [0.5, 0.6) is 5.75 Å². The number of hydrogen-bond acceptors (Lipinski definition) is 3. The van der Waals surface area contributed by atoms with Crippen molar-refractivity contribution < 1.29 is 14.3 Å². The van der Waals surface area contributed by atoms with Crippen LogP contribution in [-0.4, -0.2) is 43.1 Å². The highest BCUT2D eigenvalue weighted by Gasteiger charge is 2.32. The van der Waals surface area contributed by atoms with Gasteiger partial charge < -0.3 is 15.0 Å². The van der Waals surface area contributed by atoms with E-state index in [4.69, 9.17) is 4.74 Å². The third kappa shape index (κ3) is 3.85. The van der Waals surface area contributed by atoms with Gasteiger partial charge in [-0.3, -0.25) is 9.69 Å². The van der Waals surface area contributed by atoms with Gasteiger partial charge in [0.15, 0.2) is 0 Å². The molecule has 0 aliphatic carbocycles. The normalized spacial score (nSPS) is 16.9. The number of halogens is 1. The summed E-state index contributed by atoms with van der Waals surface area (Å²) in [7, 11) is 0. The molecule has 28 heavy (non-hydrogen) atoms. The number of amides is 3. The maximum absolute atomic E-state index is 13.0. The van der Waals surface area contributed by atoms with Crippen LogP contribution in [-0.2, 0) is 4.79 Å². The maximum Gasteiger partial charge on any atom is 0.324 e. The molecule has 0 unspecified atom stereocenters. The second kappa shape index (κ2) is 8.22.